The first-order valence-electron chi connectivity index (χ1n) is 16.6. The van der Waals surface area contributed by atoms with Gasteiger partial charge >= 0.3 is 0 Å². The summed E-state index contributed by atoms with van der Waals surface area (Å²) < 4.78 is 20.0. The van der Waals surface area contributed by atoms with Crippen LogP contribution in [0.5, 0.6) is 17.2 Å². The summed E-state index contributed by atoms with van der Waals surface area (Å²) in [5.74, 6) is 1.46. The Morgan fingerprint density at radius 1 is 0.980 bits per heavy atom. The minimum Gasteiger partial charge on any atom is -0.496 e. The standard InChI is InChI=1S/C40H38N4O5S/c1-6-43(7-2)39(46)35-25(4)42-40-44(37(35)36-30-16-12-11-13-27(30)18-20-32(36)47-5)38(45)34(50-40)22-26-17-19-31(33(21-26)48-8-3)49-24-29-15-10-9-14-28(29)23-41/h9-22,37H,6-8,24H2,1-5H3/b34-22+/t37-/m0/s1. The van der Waals surface area contributed by atoms with E-state index in [9.17, 15) is 14.9 Å². The molecule has 6 rings (SSSR count). The van der Waals surface area contributed by atoms with E-state index < -0.39 is 6.04 Å². The van der Waals surface area contributed by atoms with Gasteiger partial charge in [0.25, 0.3) is 11.5 Å². The van der Waals surface area contributed by atoms with Gasteiger partial charge in [0, 0.05) is 24.2 Å². The van der Waals surface area contributed by atoms with Crippen molar-refractivity contribution in [1.82, 2.24) is 9.47 Å². The number of rotatable bonds is 11. The number of hydrogen-bond donors (Lipinski definition) is 0. The van der Waals surface area contributed by atoms with Crippen molar-refractivity contribution in [2.24, 2.45) is 4.99 Å². The SMILES string of the molecule is CCOc1cc(/C=c2/sc3n(c2=O)[C@H](c2c(OC)ccc4ccccc24)C(C(=O)N(CC)CC)=C(C)N=3)ccc1OCc1ccccc1C#N. The lowest BCUT2D eigenvalue weighted by Gasteiger charge is -2.30. The lowest BCUT2D eigenvalue weighted by Crippen LogP contribution is -2.43. The number of hydrogen-bond acceptors (Lipinski definition) is 8. The van der Waals surface area contributed by atoms with E-state index in [1.807, 2.05) is 101 Å². The molecule has 254 valence electrons. The van der Waals surface area contributed by atoms with Gasteiger partial charge in [-0.1, -0.05) is 65.9 Å². The molecule has 0 bridgehead atoms. The minimum atomic E-state index is -0.770. The summed E-state index contributed by atoms with van der Waals surface area (Å²) in [6.45, 7) is 9.25. The van der Waals surface area contributed by atoms with Gasteiger partial charge in [0.05, 0.1) is 41.2 Å². The Hall–Kier alpha value is -5.66. The van der Waals surface area contributed by atoms with Crippen LogP contribution in [0, 0.1) is 11.3 Å². The van der Waals surface area contributed by atoms with E-state index in [1.54, 1.807) is 28.7 Å². The summed E-state index contributed by atoms with van der Waals surface area (Å²) in [6, 6.07) is 26.0. The van der Waals surface area contributed by atoms with Crippen LogP contribution >= 0.6 is 11.3 Å². The molecular formula is C40H38N4O5S. The maximum atomic E-state index is 14.5. The van der Waals surface area contributed by atoms with Crippen LogP contribution in [-0.4, -0.2) is 42.2 Å². The molecule has 0 spiro atoms. The smallest absolute Gasteiger partial charge is 0.271 e. The number of likely N-dealkylation sites (N-methyl/N-ethyl adjacent to an activating group) is 1. The summed E-state index contributed by atoms with van der Waals surface area (Å²) in [6.07, 6.45) is 1.81. The lowest BCUT2D eigenvalue weighted by molar-refractivity contribution is -0.127. The number of carbonyl (C=O) groups is 1. The van der Waals surface area contributed by atoms with Gasteiger partial charge in [0.1, 0.15) is 18.4 Å². The Labute approximate surface area is 294 Å². The highest BCUT2D eigenvalue weighted by atomic mass is 32.1. The van der Waals surface area contributed by atoms with Gasteiger partial charge in [0.2, 0.25) is 0 Å². The number of carbonyl (C=O) groups excluding carboxylic acids is 1. The molecule has 0 fully saturated rings. The molecule has 50 heavy (non-hydrogen) atoms. The van der Waals surface area contributed by atoms with Crippen LogP contribution in [0.1, 0.15) is 56.0 Å². The maximum absolute atomic E-state index is 14.5. The molecule has 0 unspecified atom stereocenters. The van der Waals surface area contributed by atoms with E-state index >= 15 is 0 Å². The van der Waals surface area contributed by atoms with E-state index in [2.05, 4.69) is 6.07 Å². The number of fused-ring (bicyclic) bond motifs is 2. The van der Waals surface area contributed by atoms with Gasteiger partial charge < -0.3 is 19.1 Å². The fraction of sp³-hybridized carbons (Fsp3) is 0.250. The Morgan fingerprint density at radius 3 is 2.46 bits per heavy atom. The second kappa shape index (κ2) is 14.8. The van der Waals surface area contributed by atoms with Crippen LogP contribution in [0.15, 0.2) is 99.9 Å². The van der Waals surface area contributed by atoms with E-state index in [0.29, 0.717) is 63.1 Å². The third-order valence-electron chi connectivity index (χ3n) is 8.81. The van der Waals surface area contributed by atoms with Crippen LogP contribution in [0.2, 0.25) is 0 Å². The number of methoxy groups -OCH3 is 1. The molecule has 4 aromatic carbocycles. The van der Waals surface area contributed by atoms with Crippen molar-refractivity contribution in [2.45, 2.75) is 40.3 Å². The topological polar surface area (TPSA) is 106 Å². The molecule has 9 nitrogen and oxygen atoms in total. The maximum Gasteiger partial charge on any atom is 0.271 e. The van der Waals surface area contributed by atoms with E-state index in [0.717, 1.165) is 27.5 Å². The largest absolute Gasteiger partial charge is 0.496 e. The van der Waals surface area contributed by atoms with Gasteiger partial charge in [0.15, 0.2) is 16.3 Å². The quantitative estimate of drug-likeness (QED) is 0.166. The predicted molar refractivity (Wildman–Crippen MR) is 195 cm³/mol. The van der Waals surface area contributed by atoms with Crippen LogP contribution in [0.4, 0.5) is 0 Å². The number of amides is 1. The number of allylic oxidation sites excluding steroid dienone is 1. The van der Waals surface area contributed by atoms with Gasteiger partial charge in [-0.25, -0.2) is 4.99 Å². The summed E-state index contributed by atoms with van der Waals surface area (Å²) >= 11 is 1.27. The van der Waals surface area contributed by atoms with Crippen molar-refractivity contribution >= 4 is 34.1 Å². The zero-order chi connectivity index (χ0) is 35.4. The normalized spacial score (nSPS) is 14.2. The van der Waals surface area contributed by atoms with E-state index in [4.69, 9.17) is 19.2 Å². The zero-order valence-corrected chi connectivity index (χ0v) is 29.5. The molecule has 0 radical (unpaired) electrons. The highest BCUT2D eigenvalue weighted by molar-refractivity contribution is 7.07. The Balaban J connectivity index is 1.49. The number of nitrogens with zero attached hydrogens (tertiary/aromatic N) is 4. The number of thiazole rings is 1. The van der Waals surface area contributed by atoms with Crippen molar-refractivity contribution < 1.29 is 19.0 Å². The number of benzene rings is 4. The molecular weight excluding hydrogens is 649 g/mol. The highest BCUT2D eigenvalue weighted by Crippen LogP contribution is 2.40. The molecule has 0 aliphatic carbocycles. The highest BCUT2D eigenvalue weighted by Gasteiger charge is 2.36. The predicted octanol–water partition coefficient (Wildman–Crippen LogP) is 6.11. The fourth-order valence-corrected chi connectivity index (χ4v) is 7.40. The van der Waals surface area contributed by atoms with Crippen LogP contribution in [-0.2, 0) is 11.4 Å². The summed E-state index contributed by atoms with van der Waals surface area (Å²) in [5, 5.41) is 11.3. The van der Waals surface area contributed by atoms with Crippen molar-refractivity contribution in [1.29, 1.82) is 5.26 Å². The molecule has 10 heteroatoms. The molecule has 1 aliphatic heterocycles. The fourth-order valence-electron chi connectivity index (χ4n) is 6.35. The van der Waals surface area contributed by atoms with Gasteiger partial charge in [-0.15, -0.1) is 0 Å². The zero-order valence-electron chi connectivity index (χ0n) is 28.7. The van der Waals surface area contributed by atoms with Gasteiger partial charge in [-0.3, -0.25) is 14.2 Å². The Morgan fingerprint density at radius 2 is 1.72 bits per heavy atom. The molecule has 2 heterocycles. The van der Waals surface area contributed by atoms with Crippen molar-refractivity contribution in [2.75, 3.05) is 26.8 Å². The van der Waals surface area contributed by atoms with E-state index in [1.165, 1.54) is 11.3 Å². The van der Waals surface area contributed by atoms with Crippen molar-refractivity contribution in [3.8, 4) is 23.3 Å². The molecule has 1 aliphatic rings. The molecule has 0 saturated heterocycles. The average Bonchev–Trinajstić information content (AvgIpc) is 3.44. The first-order valence-corrected chi connectivity index (χ1v) is 17.4. The van der Waals surface area contributed by atoms with Gasteiger partial charge in [-0.05, 0) is 74.4 Å². The third-order valence-corrected chi connectivity index (χ3v) is 9.80. The number of aromatic nitrogens is 1. The molecule has 0 N–H and O–H groups in total. The Kier molecular flexibility index (Phi) is 10.2. The average molecular weight is 687 g/mol. The first kappa shape index (κ1) is 34.2. The van der Waals surface area contributed by atoms with Crippen LogP contribution in [0.3, 0.4) is 0 Å². The summed E-state index contributed by atoms with van der Waals surface area (Å²) in [5.41, 5.74) is 3.54. The molecule has 1 atom stereocenters. The molecule has 1 amide bonds. The lowest BCUT2D eigenvalue weighted by atomic mass is 9.90. The number of nitriles is 1. The monoisotopic (exact) mass is 686 g/mol. The third kappa shape index (κ3) is 6.40. The minimum absolute atomic E-state index is 0.167. The second-order valence-electron chi connectivity index (χ2n) is 11.7. The summed E-state index contributed by atoms with van der Waals surface area (Å²) in [7, 11) is 1.60. The van der Waals surface area contributed by atoms with Gasteiger partial charge in [-0.2, -0.15) is 5.26 Å². The van der Waals surface area contributed by atoms with Crippen LogP contribution in [0.25, 0.3) is 16.8 Å². The first-order chi connectivity index (χ1) is 24.3. The Bertz CT molecular complexity index is 2350. The van der Waals surface area contributed by atoms with Crippen molar-refractivity contribution in [3.05, 3.63) is 132 Å². The van der Waals surface area contributed by atoms with Crippen molar-refractivity contribution in [3.63, 3.8) is 0 Å². The molecule has 5 aromatic rings. The number of ether oxygens (including phenoxy) is 3. The van der Waals surface area contributed by atoms with Crippen LogP contribution < -0.4 is 29.1 Å². The second-order valence-corrected chi connectivity index (χ2v) is 12.7. The van der Waals surface area contributed by atoms with E-state index in [-0.39, 0.29) is 18.1 Å². The molecule has 1 aromatic heterocycles. The molecule has 0 saturated carbocycles. The summed E-state index contributed by atoms with van der Waals surface area (Å²) in [4.78, 5) is 35.9.